The number of aromatic nitrogens is 2. The number of rotatable bonds is 4. The summed E-state index contributed by atoms with van der Waals surface area (Å²) >= 11 is 0. The number of nitrogens with zero attached hydrogens (tertiary/aromatic N) is 2. The van der Waals surface area contributed by atoms with E-state index in [9.17, 15) is 5.11 Å². The Morgan fingerprint density at radius 1 is 1.23 bits per heavy atom. The second-order valence-corrected chi connectivity index (χ2v) is 9.21. The summed E-state index contributed by atoms with van der Waals surface area (Å²) in [6.45, 7) is 4.28. The third-order valence-corrected chi connectivity index (χ3v) is 7.35. The van der Waals surface area contributed by atoms with Gasteiger partial charge >= 0.3 is 0 Å². The van der Waals surface area contributed by atoms with Gasteiger partial charge in [0.1, 0.15) is 11.6 Å². The number of aromatic hydroxyl groups is 1. The zero-order valence-electron chi connectivity index (χ0n) is 18.0. The summed E-state index contributed by atoms with van der Waals surface area (Å²) in [5.41, 5.74) is 12.4. The van der Waals surface area contributed by atoms with Gasteiger partial charge in [-0.05, 0) is 79.8 Å². The highest BCUT2D eigenvalue weighted by atomic mass is 16.3. The average Bonchev–Trinajstić information content (AvgIpc) is 3.40. The number of nitrogens with one attached hydrogen (secondary N) is 3. The molecule has 0 bridgehead atoms. The van der Waals surface area contributed by atoms with Crippen molar-refractivity contribution in [2.75, 3.05) is 20.1 Å². The summed E-state index contributed by atoms with van der Waals surface area (Å²) in [5.74, 6) is 2.53. The Hall–Kier alpha value is -2.15. The van der Waals surface area contributed by atoms with E-state index in [1.54, 1.807) is 0 Å². The molecule has 2 aliphatic heterocycles. The van der Waals surface area contributed by atoms with Gasteiger partial charge in [0, 0.05) is 19.1 Å². The number of benzene rings is 1. The first-order valence-corrected chi connectivity index (χ1v) is 11.4. The molecule has 5 rings (SSSR count). The number of hydrazine groups is 1. The standard InChI is InChI=1S/C24H33N5O/c1-3-15-12-18(30)5-7-19(15)17-4-6-20-21(13-17)27-28-23(20)24-25-14-22(26-24)16-8-10-29(2)11-9-16/h5,7-8,12,14,17,20-21,23,27-28,30H,3-4,6,9-11,13H2,1-2H3,(H,25,26). The normalized spacial score (nSPS) is 29.6. The van der Waals surface area contributed by atoms with Crippen molar-refractivity contribution >= 4 is 5.57 Å². The predicted octanol–water partition coefficient (Wildman–Crippen LogP) is 3.50. The quantitative estimate of drug-likeness (QED) is 0.624. The van der Waals surface area contributed by atoms with Gasteiger partial charge < -0.3 is 15.0 Å². The molecule has 2 fully saturated rings. The fourth-order valence-electron chi connectivity index (χ4n) is 5.59. The van der Waals surface area contributed by atoms with Crippen molar-refractivity contribution in [1.82, 2.24) is 25.7 Å². The maximum atomic E-state index is 9.85. The van der Waals surface area contributed by atoms with Crippen LogP contribution < -0.4 is 10.9 Å². The summed E-state index contributed by atoms with van der Waals surface area (Å²) in [4.78, 5) is 10.7. The molecule has 1 aromatic carbocycles. The van der Waals surface area contributed by atoms with Gasteiger partial charge in [-0.1, -0.05) is 19.1 Å². The summed E-state index contributed by atoms with van der Waals surface area (Å²) < 4.78 is 0. The van der Waals surface area contributed by atoms with Crippen LogP contribution in [0.1, 0.15) is 67.2 Å². The Kier molecular flexibility index (Phi) is 5.39. The molecule has 30 heavy (non-hydrogen) atoms. The topological polar surface area (TPSA) is 76.2 Å². The van der Waals surface area contributed by atoms with Crippen LogP contribution in [0.15, 0.2) is 30.5 Å². The largest absolute Gasteiger partial charge is 0.508 e. The lowest BCUT2D eigenvalue weighted by Gasteiger charge is -2.33. The molecule has 0 radical (unpaired) electrons. The molecule has 160 valence electrons. The number of aryl methyl sites for hydroxylation is 1. The third kappa shape index (κ3) is 3.68. The molecular weight excluding hydrogens is 374 g/mol. The number of fused-ring (bicyclic) bond motifs is 1. The molecule has 3 aliphatic rings. The maximum Gasteiger partial charge on any atom is 0.125 e. The van der Waals surface area contributed by atoms with Crippen molar-refractivity contribution in [1.29, 1.82) is 0 Å². The molecule has 1 saturated carbocycles. The molecule has 3 heterocycles. The second-order valence-electron chi connectivity index (χ2n) is 9.21. The third-order valence-electron chi connectivity index (χ3n) is 7.35. The lowest BCUT2D eigenvalue weighted by Crippen LogP contribution is -2.35. The highest BCUT2D eigenvalue weighted by molar-refractivity contribution is 5.63. The SMILES string of the molecule is CCc1cc(O)ccc1C1CCC2C(C1)NNC2c1ncc(C2=CCN(C)CC2)[nH]1. The van der Waals surface area contributed by atoms with E-state index in [2.05, 4.69) is 46.8 Å². The number of phenols is 1. The molecule has 4 atom stereocenters. The number of H-pyrrole nitrogens is 1. The minimum Gasteiger partial charge on any atom is -0.508 e. The fourth-order valence-corrected chi connectivity index (χ4v) is 5.59. The monoisotopic (exact) mass is 407 g/mol. The Bertz CT molecular complexity index is 935. The van der Waals surface area contributed by atoms with E-state index in [0.717, 1.165) is 38.2 Å². The molecule has 4 N–H and O–H groups in total. The Morgan fingerprint density at radius 3 is 2.93 bits per heavy atom. The summed E-state index contributed by atoms with van der Waals surface area (Å²) in [7, 11) is 2.16. The van der Waals surface area contributed by atoms with Gasteiger partial charge in [0.15, 0.2) is 0 Å². The van der Waals surface area contributed by atoms with Crippen LogP contribution in [0.5, 0.6) is 5.75 Å². The van der Waals surface area contributed by atoms with Gasteiger partial charge in [0.2, 0.25) is 0 Å². The average molecular weight is 408 g/mol. The van der Waals surface area contributed by atoms with Crippen LogP contribution in [0.3, 0.4) is 0 Å². The zero-order chi connectivity index (χ0) is 20.7. The van der Waals surface area contributed by atoms with Gasteiger partial charge in [-0.3, -0.25) is 5.43 Å². The van der Waals surface area contributed by atoms with E-state index in [1.807, 2.05) is 18.3 Å². The fraction of sp³-hybridized carbons (Fsp3) is 0.542. The second kappa shape index (κ2) is 8.17. The van der Waals surface area contributed by atoms with Crippen molar-refractivity contribution in [3.05, 3.63) is 53.1 Å². The van der Waals surface area contributed by atoms with Crippen LogP contribution in [0, 0.1) is 5.92 Å². The molecule has 2 aromatic rings. The number of phenolic OH excluding ortho intramolecular Hbond substituents is 1. The van der Waals surface area contributed by atoms with Gasteiger partial charge in [-0.2, -0.15) is 0 Å². The summed E-state index contributed by atoms with van der Waals surface area (Å²) in [6.07, 6.45) is 9.85. The smallest absolute Gasteiger partial charge is 0.125 e. The zero-order valence-corrected chi connectivity index (χ0v) is 18.0. The molecular formula is C24H33N5O. The van der Waals surface area contributed by atoms with Crippen molar-refractivity contribution < 1.29 is 5.11 Å². The van der Waals surface area contributed by atoms with Gasteiger partial charge in [0.25, 0.3) is 0 Å². The molecule has 1 saturated heterocycles. The highest BCUT2D eigenvalue weighted by Crippen LogP contribution is 2.44. The lowest BCUT2D eigenvalue weighted by atomic mass is 9.73. The summed E-state index contributed by atoms with van der Waals surface area (Å²) in [6, 6.07) is 6.59. The van der Waals surface area contributed by atoms with E-state index < -0.39 is 0 Å². The number of aromatic amines is 1. The lowest BCUT2D eigenvalue weighted by molar-refractivity contribution is 0.276. The van der Waals surface area contributed by atoms with Crippen LogP contribution in [0.25, 0.3) is 5.57 Å². The Labute approximate surface area is 178 Å². The van der Waals surface area contributed by atoms with Crippen LogP contribution in [-0.2, 0) is 6.42 Å². The van der Waals surface area contributed by atoms with Crippen LogP contribution in [-0.4, -0.2) is 46.2 Å². The first-order chi connectivity index (χ1) is 14.6. The minimum absolute atomic E-state index is 0.238. The highest BCUT2D eigenvalue weighted by Gasteiger charge is 2.42. The van der Waals surface area contributed by atoms with Crippen LogP contribution in [0.2, 0.25) is 0 Å². The number of hydrogen-bond acceptors (Lipinski definition) is 5. The van der Waals surface area contributed by atoms with Gasteiger partial charge in [-0.25, -0.2) is 10.4 Å². The molecule has 1 aromatic heterocycles. The number of imidazole rings is 1. The van der Waals surface area contributed by atoms with E-state index in [1.165, 1.54) is 35.2 Å². The van der Waals surface area contributed by atoms with Gasteiger partial charge in [-0.15, -0.1) is 0 Å². The Balaban J connectivity index is 1.29. The molecule has 6 heteroatoms. The van der Waals surface area contributed by atoms with Crippen molar-refractivity contribution in [2.24, 2.45) is 5.92 Å². The van der Waals surface area contributed by atoms with E-state index >= 15 is 0 Å². The predicted molar refractivity (Wildman–Crippen MR) is 119 cm³/mol. The van der Waals surface area contributed by atoms with E-state index in [4.69, 9.17) is 4.98 Å². The Morgan fingerprint density at radius 2 is 2.13 bits per heavy atom. The number of likely N-dealkylation sites (N-methyl/N-ethyl adjacent to an activating group) is 1. The molecule has 0 amide bonds. The first kappa shape index (κ1) is 19.8. The summed E-state index contributed by atoms with van der Waals surface area (Å²) in [5, 5.41) is 9.85. The molecule has 0 spiro atoms. The first-order valence-electron chi connectivity index (χ1n) is 11.4. The minimum atomic E-state index is 0.238. The van der Waals surface area contributed by atoms with Gasteiger partial charge in [0.05, 0.1) is 17.9 Å². The van der Waals surface area contributed by atoms with Crippen molar-refractivity contribution in [3.63, 3.8) is 0 Å². The molecule has 1 aliphatic carbocycles. The van der Waals surface area contributed by atoms with Crippen molar-refractivity contribution in [2.45, 2.75) is 57.0 Å². The number of hydrogen-bond donors (Lipinski definition) is 4. The maximum absolute atomic E-state index is 9.85. The van der Waals surface area contributed by atoms with Crippen LogP contribution >= 0.6 is 0 Å². The van der Waals surface area contributed by atoms with E-state index in [-0.39, 0.29) is 6.04 Å². The molecule has 4 unspecified atom stereocenters. The van der Waals surface area contributed by atoms with E-state index in [0.29, 0.717) is 23.6 Å². The van der Waals surface area contributed by atoms with Crippen molar-refractivity contribution in [3.8, 4) is 5.75 Å². The molecule has 6 nitrogen and oxygen atoms in total. The van der Waals surface area contributed by atoms with Crippen LogP contribution in [0.4, 0.5) is 0 Å².